The third kappa shape index (κ3) is 4.89. The smallest absolute Gasteiger partial charge is 0.410 e. The first-order chi connectivity index (χ1) is 14.2. The molecule has 0 unspecified atom stereocenters. The lowest BCUT2D eigenvalue weighted by Gasteiger charge is -2.29. The predicted octanol–water partition coefficient (Wildman–Crippen LogP) is 4.26. The first-order valence-corrected chi connectivity index (χ1v) is 9.99. The van der Waals surface area contributed by atoms with Crippen LogP contribution < -0.4 is 4.90 Å². The van der Waals surface area contributed by atoms with E-state index in [4.69, 9.17) is 16.3 Å². The fourth-order valence-corrected chi connectivity index (χ4v) is 3.51. The maximum Gasteiger partial charge on any atom is 0.410 e. The van der Waals surface area contributed by atoms with Gasteiger partial charge in [0, 0.05) is 24.8 Å². The number of anilines is 1. The highest BCUT2D eigenvalue weighted by Gasteiger charge is 2.37. The molecule has 0 spiro atoms. The minimum Gasteiger partial charge on any atom is -0.444 e. The summed E-state index contributed by atoms with van der Waals surface area (Å²) in [4.78, 5) is 33.3. The highest BCUT2D eigenvalue weighted by Crippen LogP contribution is 2.30. The van der Waals surface area contributed by atoms with E-state index in [1.54, 1.807) is 41.4 Å². The Kier molecular flexibility index (Phi) is 6.28. The molecule has 3 rings (SSSR count). The first kappa shape index (κ1) is 21.6. The van der Waals surface area contributed by atoms with Crippen LogP contribution in [0.2, 0.25) is 5.02 Å². The number of ether oxygens (including phenoxy) is 1. The van der Waals surface area contributed by atoms with Crippen LogP contribution in [0.1, 0.15) is 43.1 Å². The summed E-state index contributed by atoms with van der Waals surface area (Å²) in [5.41, 5.74) is 0.133. The number of benzene rings is 1. The number of nitrogens with zero attached hydrogens (tertiary/aromatic N) is 4. The van der Waals surface area contributed by atoms with Gasteiger partial charge in [0.15, 0.2) is 5.82 Å². The highest BCUT2D eigenvalue weighted by molar-refractivity contribution is 6.33. The molecule has 1 atom stereocenters. The van der Waals surface area contributed by atoms with Crippen LogP contribution in [-0.4, -0.2) is 46.6 Å². The van der Waals surface area contributed by atoms with Crippen molar-refractivity contribution in [3.63, 3.8) is 0 Å². The van der Waals surface area contributed by atoms with Crippen LogP contribution in [0.25, 0.3) is 0 Å². The lowest BCUT2D eigenvalue weighted by Crippen LogP contribution is -2.44. The Morgan fingerprint density at radius 3 is 2.73 bits per heavy atom. The largest absolute Gasteiger partial charge is 0.444 e. The summed E-state index contributed by atoms with van der Waals surface area (Å²) in [6, 6.07) is 11.5. The molecule has 0 radical (unpaired) electrons. The number of aromatic nitrogens is 1. The van der Waals surface area contributed by atoms with E-state index in [2.05, 4.69) is 4.98 Å². The number of pyridine rings is 1. The van der Waals surface area contributed by atoms with Gasteiger partial charge in [-0.25, -0.2) is 9.78 Å². The van der Waals surface area contributed by atoms with E-state index >= 15 is 0 Å². The van der Waals surface area contributed by atoms with Crippen molar-refractivity contribution in [3.8, 4) is 6.07 Å². The maximum absolute atomic E-state index is 13.4. The van der Waals surface area contributed by atoms with Crippen molar-refractivity contribution in [1.82, 2.24) is 9.88 Å². The molecule has 2 heterocycles. The fourth-order valence-electron chi connectivity index (χ4n) is 3.30. The van der Waals surface area contributed by atoms with Crippen LogP contribution >= 0.6 is 11.6 Å². The van der Waals surface area contributed by atoms with E-state index in [0.717, 1.165) is 0 Å². The Balaban J connectivity index is 1.92. The number of hydrogen-bond acceptors (Lipinski definition) is 5. The second-order valence-corrected chi connectivity index (χ2v) is 8.45. The van der Waals surface area contributed by atoms with Gasteiger partial charge in [0.05, 0.1) is 22.7 Å². The maximum atomic E-state index is 13.4. The number of rotatable bonds is 3. The monoisotopic (exact) mass is 426 g/mol. The molecule has 8 heteroatoms. The van der Waals surface area contributed by atoms with Crippen LogP contribution in [0.15, 0.2) is 42.6 Å². The molecule has 1 aliphatic heterocycles. The van der Waals surface area contributed by atoms with Gasteiger partial charge in [-0.2, -0.15) is 5.26 Å². The highest BCUT2D eigenvalue weighted by atomic mass is 35.5. The van der Waals surface area contributed by atoms with Crippen molar-refractivity contribution in [2.24, 2.45) is 0 Å². The lowest BCUT2D eigenvalue weighted by atomic mass is 10.1. The summed E-state index contributed by atoms with van der Waals surface area (Å²) in [7, 11) is 0. The zero-order chi connectivity index (χ0) is 21.9. The molecule has 0 N–H and O–H groups in total. The minimum absolute atomic E-state index is 0.297. The van der Waals surface area contributed by atoms with Crippen LogP contribution in [-0.2, 0) is 4.74 Å². The summed E-state index contributed by atoms with van der Waals surface area (Å²) in [6.45, 7) is 6.18. The molecular weight excluding hydrogens is 404 g/mol. The van der Waals surface area contributed by atoms with Gasteiger partial charge in [-0.15, -0.1) is 0 Å². The van der Waals surface area contributed by atoms with Crippen LogP contribution in [0, 0.1) is 11.3 Å². The van der Waals surface area contributed by atoms with Gasteiger partial charge < -0.3 is 9.64 Å². The zero-order valence-electron chi connectivity index (χ0n) is 17.1. The van der Waals surface area contributed by atoms with Crippen LogP contribution in [0.5, 0.6) is 0 Å². The SMILES string of the molecule is CC(C)(C)OC(=O)N1CC[C@@H](N(C(=O)c2cccc(C#N)c2)c2ncccc2Cl)C1. The van der Waals surface area contributed by atoms with Gasteiger partial charge in [-0.3, -0.25) is 9.69 Å². The van der Waals surface area contributed by atoms with E-state index in [9.17, 15) is 14.9 Å². The van der Waals surface area contributed by atoms with E-state index in [1.807, 2.05) is 26.8 Å². The molecule has 0 saturated carbocycles. The van der Waals surface area contributed by atoms with Gasteiger partial charge in [0.2, 0.25) is 0 Å². The molecule has 0 aliphatic carbocycles. The van der Waals surface area contributed by atoms with E-state index in [0.29, 0.717) is 41.5 Å². The van der Waals surface area contributed by atoms with E-state index in [-0.39, 0.29) is 11.9 Å². The summed E-state index contributed by atoms with van der Waals surface area (Å²) in [5.74, 6) is -0.00805. The summed E-state index contributed by atoms with van der Waals surface area (Å²) in [5, 5.41) is 9.51. The van der Waals surface area contributed by atoms with Gasteiger partial charge in [0.1, 0.15) is 5.60 Å². The lowest BCUT2D eigenvalue weighted by molar-refractivity contribution is 0.0291. The Bertz CT molecular complexity index is 996. The zero-order valence-corrected chi connectivity index (χ0v) is 17.9. The first-order valence-electron chi connectivity index (χ1n) is 9.62. The number of nitriles is 1. The molecular formula is C22H23ClN4O3. The van der Waals surface area contributed by atoms with Gasteiger partial charge in [-0.1, -0.05) is 17.7 Å². The molecule has 7 nitrogen and oxygen atoms in total. The van der Waals surface area contributed by atoms with Crippen molar-refractivity contribution in [2.45, 2.75) is 38.8 Å². The van der Waals surface area contributed by atoms with Crippen molar-refractivity contribution in [1.29, 1.82) is 5.26 Å². The number of amides is 2. The average molecular weight is 427 g/mol. The molecule has 0 bridgehead atoms. The quantitative estimate of drug-likeness (QED) is 0.731. The number of hydrogen-bond donors (Lipinski definition) is 0. The normalized spacial score (nSPS) is 16.1. The van der Waals surface area contributed by atoms with E-state index in [1.165, 1.54) is 11.0 Å². The Hall–Kier alpha value is -3.11. The van der Waals surface area contributed by atoms with E-state index < -0.39 is 11.7 Å². The Morgan fingerprint density at radius 1 is 1.30 bits per heavy atom. The second-order valence-electron chi connectivity index (χ2n) is 8.05. The Morgan fingerprint density at radius 2 is 2.07 bits per heavy atom. The minimum atomic E-state index is -0.604. The van der Waals surface area contributed by atoms with Crippen molar-refractivity contribution in [3.05, 3.63) is 58.7 Å². The number of carbonyl (C=O) groups excluding carboxylic acids is 2. The molecule has 1 aromatic carbocycles. The van der Waals surface area contributed by atoms with Crippen LogP contribution in [0.3, 0.4) is 0 Å². The molecule has 30 heavy (non-hydrogen) atoms. The summed E-state index contributed by atoms with van der Waals surface area (Å²) >= 11 is 6.36. The fraction of sp³-hybridized carbons (Fsp3) is 0.364. The van der Waals surface area contributed by atoms with Crippen molar-refractivity contribution < 1.29 is 14.3 Å². The number of likely N-dealkylation sites (tertiary alicyclic amines) is 1. The average Bonchev–Trinajstić information content (AvgIpc) is 3.18. The Labute approximate surface area is 180 Å². The van der Waals surface area contributed by atoms with Crippen LogP contribution in [0.4, 0.5) is 10.6 Å². The van der Waals surface area contributed by atoms with Gasteiger partial charge >= 0.3 is 6.09 Å². The number of halogens is 1. The predicted molar refractivity (Wildman–Crippen MR) is 113 cm³/mol. The molecule has 1 saturated heterocycles. The number of carbonyl (C=O) groups is 2. The topological polar surface area (TPSA) is 86.5 Å². The second kappa shape index (κ2) is 8.72. The molecule has 1 fully saturated rings. The third-order valence-corrected chi connectivity index (χ3v) is 4.90. The van der Waals surface area contributed by atoms with Crippen molar-refractivity contribution >= 4 is 29.4 Å². The molecule has 2 aromatic rings. The van der Waals surface area contributed by atoms with Gasteiger partial charge in [0.25, 0.3) is 5.91 Å². The molecule has 1 aliphatic rings. The molecule has 156 valence electrons. The third-order valence-electron chi connectivity index (χ3n) is 4.60. The summed E-state index contributed by atoms with van der Waals surface area (Å²) in [6.07, 6.45) is 1.69. The molecule has 2 amide bonds. The molecule has 1 aromatic heterocycles. The van der Waals surface area contributed by atoms with Crippen molar-refractivity contribution in [2.75, 3.05) is 18.0 Å². The summed E-state index contributed by atoms with van der Waals surface area (Å²) < 4.78 is 5.46. The standard InChI is InChI=1S/C22H23ClN4O3/c1-22(2,3)30-21(29)26-11-9-17(14-26)27(19-18(23)8-5-10-25-19)20(28)16-7-4-6-15(12-16)13-24/h4-8,10,12,17H,9,11,14H2,1-3H3/t17-/m1/s1. The van der Waals surface area contributed by atoms with Gasteiger partial charge in [-0.05, 0) is 57.5 Å².